The third-order valence-electron chi connectivity index (χ3n) is 2.68. The molecule has 23 heavy (non-hydrogen) atoms. The van der Waals surface area contributed by atoms with E-state index in [1.807, 2.05) is 0 Å². The summed E-state index contributed by atoms with van der Waals surface area (Å²) < 4.78 is 4.82. The van der Waals surface area contributed by atoms with Crippen LogP contribution in [0, 0.1) is 10.1 Å². The molecule has 9 heteroatoms. The van der Waals surface area contributed by atoms with Gasteiger partial charge in [-0.1, -0.05) is 11.6 Å². The highest BCUT2D eigenvalue weighted by atomic mass is 35.5. The summed E-state index contributed by atoms with van der Waals surface area (Å²) in [5.74, 6) is -1.31. The molecule has 0 atom stereocenters. The van der Waals surface area contributed by atoms with E-state index < -0.39 is 23.4 Å². The molecule has 118 valence electrons. The van der Waals surface area contributed by atoms with Gasteiger partial charge >= 0.3 is 5.97 Å². The van der Waals surface area contributed by atoms with Crippen LogP contribution < -0.4 is 5.32 Å². The highest BCUT2D eigenvalue weighted by Gasteiger charge is 2.15. The first-order chi connectivity index (χ1) is 11.0. The zero-order valence-corrected chi connectivity index (χ0v) is 12.3. The normalized spacial score (nSPS) is 9.96. The minimum absolute atomic E-state index is 0.0443. The van der Waals surface area contributed by atoms with Crippen LogP contribution in [0.4, 0.5) is 11.4 Å². The van der Waals surface area contributed by atoms with Crippen LogP contribution in [0.1, 0.15) is 10.4 Å². The van der Waals surface area contributed by atoms with Crippen LogP contribution in [-0.2, 0) is 9.53 Å². The van der Waals surface area contributed by atoms with Crippen LogP contribution in [0.15, 0.2) is 42.7 Å². The van der Waals surface area contributed by atoms with Crippen LogP contribution in [0.3, 0.4) is 0 Å². The van der Waals surface area contributed by atoms with Crippen molar-refractivity contribution in [3.8, 4) is 0 Å². The summed E-state index contributed by atoms with van der Waals surface area (Å²) in [6.07, 6.45) is 2.84. The first-order valence-corrected chi connectivity index (χ1v) is 6.66. The van der Waals surface area contributed by atoms with Crippen LogP contribution in [0.25, 0.3) is 0 Å². The van der Waals surface area contributed by atoms with Gasteiger partial charge in [0.1, 0.15) is 5.02 Å². The molecule has 2 rings (SSSR count). The molecule has 0 spiro atoms. The van der Waals surface area contributed by atoms with Crippen molar-refractivity contribution in [1.82, 2.24) is 4.98 Å². The fourth-order valence-corrected chi connectivity index (χ4v) is 1.82. The Bertz CT molecular complexity index is 751. The molecule has 8 nitrogen and oxygen atoms in total. The number of rotatable bonds is 5. The maximum atomic E-state index is 11.7. The fourth-order valence-electron chi connectivity index (χ4n) is 1.63. The van der Waals surface area contributed by atoms with E-state index >= 15 is 0 Å². The van der Waals surface area contributed by atoms with E-state index in [0.29, 0.717) is 0 Å². The smallest absolute Gasteiger partial charge is 0.338 e. The van der Waals surface area contributed by atoms with Gasteiger partial charge in [0.05, 0.1) is 10.5 Å². The standard InChI is InChI=1S/C14H10ClN3O5/c15-11-2-1-10(7-12(11)18(21)22)17-13(19)8-23-14(20)9-3-5-16-6-4-9/h1-7H,8H2,(H,17,19). The number of nitro benzene ring substituents is 1. The summed E-state index contributed by atoms with van der Waals surface area (Å²) in [4.78, 5) is 37.2. The zero-order chi connectivity index (χ0) is 16.8. The molecule has 0 aliphatic heterocycles. The molecule has 0 fully saturated rings. The Kier molecular flexibility index (Phi) is 5.21. The van der Waals surface area contributed by atoms with E-state index in [-0.39, 0.29) is 22.0 Å². The van der Waals surface area contributed by atoms with Crippen LogP contribution in [0.2, 0.25) is 5.02 Å². The van der Waals surface area contributed by atoms with Crippen molar-refractivity contribution in [1.29, 1.82) is 0 Å². The van der Waals surface area contributed by atoms with Crippen LogP contribution >= 0.6 is 11.6 Å². The number of carbonyl (C=O) groups is 2. The number of nitro groups is 1. The van der Waals surface area contributed by atoms with E-state index in [0.717, 1.165) is 6.07 Å². The van der Waals surface area contributed by atoms with Gasteiger partial charge in [0.25, 0.3) is 11.6 Å². The molecule has 1 N–H and O–H groups in total. The number of hydrogen-bond donors (Lipinski definition) is 1. The molecule has 0 saturated heterocycles. The van der Waals surface area contributed by atoms with Crippen molar-refractivity contribution in [2.45, 2.75) is 0 Å². The maximum absolute atomic E-state index is 11.7. The number of hydrogen-bond acceptors (Lipinski definition) is 6. The molecule has 1 heterocycles. The topological polar surface area (TPSA) is 111 Å². The maximum Gasteiger partial charge on any atom is 0.338 e. The molecule has 0 bridgehead atoms. The molecule has 0 aliphatic rings. The summed E-state index contributed by atoms with van der Waals surface area (Å²) >= 11 is 5.67. The number of amides is 1. The first kappa shape index (κ1) is 16.4. The van der Waals surface area contributed by atoms with Crippen molar-refractivity contribution < 1.29 is 19.2 Å². The Morgan fingerprint density at radius 1 is 1.26 bits per heavy atom. The van der Waals surface area contributed by atoms with Gasteiger partial charge in [0.15, 0.2) is 6.61 Å². The lowest BCUT2D eigenvalue weighted by Gasteiger charge is -2.07. The second kappa shape index (κ2) is 7.32. The number of pyridine rings is 1. The minimum Gasteiger partial charge on any atom is -0.452 e. The predicted octanol–water partition coefficient (Wildman–Crippen LogP) is 2.44. The number of nitrogens with zero attached hydrogens (tertiary/aromatic N) is 2. The molecule has 2 aromatic rings. The van der Waals surface area contributed by atoms with Gasteiger partial charge in [-0.15, -0.1) is 0 Å². The molecule has 0 aliphatic carbocycles. The number of halogens is 1. The Morgan fingerprint density at radius 3 is 2.61 bits per heavy atom. The van der Waals surface area contributed by atoms with Crippen molar-refractivity contribution in [2.24, 2.45) is 0 Å². The first-order valence-electron chi connectivity index (χ1n) is 6.28. The third kappa shape index (κ3) is 4.48. The van der Waals surface area contributed by atoms with Crippen molar-refractivity contribution in [2.75, 3.05) is 11.9 Å². The number of carbonyl (C=O) groups excluding carboxylic acids is 2. The average Bonchev–Trinajstić information content (AvgIpc) is 2.55. The highest BCUT2D eigenvalue weighted by Crippen LogP contribution is 2.27. The molecular weight excluding hydrogens is 326 g/mol. The second-order valence-electron chi connectivity index (χ2n) is 4.28. The number of esters is 1. The molecule has 0 saturated carbocycles. The zero-order valence-electron chi connectivity index (χ0n) is 11.6. The van der Waals surface area contributed by atoms with Gasteiger partial charge < -0.3 is 10.1 Å². The fraction of sp³-hybridized carbons (Fsp3) is 0.0714. The minimum atomic E-state index is -0.676. The number of aromatic nitrogens is 1. The molecule has 0 unspecified atom stereocenters. The Hall–Kier alpha value is -3.00. The van der Waals surface area contributed by atoms with Crippen LogP contribution in [-0.4, -0.2) is 28.4 Å². The van der Waals surface area contributed by atoms with Gasteiger partial charge in [0.2, 0.25) is 0 Å². The number of benzene rings is 1. The molecular formula is C14H10ClN3O5. The summed E-state index contributed by atoms with van der Waals surface area (Å²) in [5, 5.41) is 13.1. The quantitative estimate of drug-likeness (QED) is 0.510. The number of ether oxygens (including phenoxy) is 1. The van der Waals surface area contributed by atoms with Gasteiger partial charge in [-0.25, -0.2) is 4.79 Å². The Morgan fingerprint density at radius 2 is 1.96 bits per heavy atom. The SMILES string of the molecule is O=C(COC(=O)c1ccncc1)Nc1ccc(Cl)c([N+](=O)[O-])c1. The van der Waals surface area contributed by atoms with Gasteiger partial charge in [-0.2, -0.15) is 0 Å². The largest absolute Gasteiger partial charge is 0.452 e. The summed E-state index contributed by atoms with van der Waals surface area (Å²) in [5.41, 5.74) is 0.0965. The summed E-state index contributed by atoms with van der Waals surface area (Å²) in [7, 11) is 0. The van der Waals surface area contributed by atoms with Crippen molar-refractivity contribution in [3.63, 3.8) is 0 Å². The molecule has 1 aromatic heterocycles. The second-order valence-corrected chi connectivity index (χ2v) is 4.69. The lowest BCUT2D eigenvalue weighted by molar-refractivity contribution is -0.384. The van der Waals surface area contributed by atoms with Gasteiger partial charge in [-0.05, 0) is 24.3 Å². The lowest BCUT2D eigenvalue weighted by atomic mass is 10.2. The average molecular weight is 336 g/mol. The van der Waals surface area contributed by atoms with Gasteiger partial charge in [-0.3, -0.25) is 19.9 Å². The molecule has 1 aromatic carbocycles. The predicted molar refractivity (Wildman–Crippen MR) is 81.3 cm³/mol. The third-order valence-corrected chi connectivity index (χ3v) is 3.00. The number of anilines is 1. The van der Waals surface area contributed by atoms with E-state index in [2.05, 4.69) is 10.3 Å². The van der Waals surface area contributed by atoms with Crippen molar-refractivity contribution in [3.05, 3.63) is 63.4 Å². The van der Waals surface area contributed by atoms with E-state index in [4.69, 9.17) is 16.3 Å². The molecule has 1 amide bonds. The lowest BCUT2D eigenvalue weighted by Crippen LogP contribution is -2.21. The summed E-state index contributed by atoms with van der Waals surface area (Å²) in [6, 6.07) is 6.70. The van der Waals surface area contributed by atoms with Gasteiger partial charge in [0, 0.05) is 24.1 Å². The Labute approximate surface area is 135 Å². The highest BCUT2D eigenvalue weighted by molar-refractivity contribution is 6.32. The molecule has 0 radical (unpaired) electrons. The van der Waals surface area contributed by atoms with Crippen molar-refractivity contribution >= 4 is 34.9 Å². The van der Waals surface area contributed by atoms with E-state index in [1.54, 1.807) is 0 Å². The number of nitrogens with one attached hydrogen (secondary N) is 1. The summed E-state index contributed by atoms with van der Waals surface area (Å²) in [6.45, 7) is -0.530. The monoisotopic (exact) mass is 335 g/mol. The van der Waals surface area contributed by atoms with E-state index in [9.17, 15) is 19.7 Å². The van der Waals surface area contributed by atoms with Crippen LogP contribution in [0.5, 0.6) is 0 Å². The van der Waals surface area contributed by atoms with E-state index in [1.165, 1.54) is 36.7 Å². The Balaban J connectivity index is 1.94.